The van der Waals surface area contributed by atoms with E-state index in [4.69, 9.17) is 5.26 Å². The van der Waals surface area contributed by atoms with E-state index in [9.17, 15) is 0 Å². The van der Waals surface area contributed by atoms with Gasteiger partial charge in [0.15, 0.2) is 10.0 Å². The number of nitrogens with zero attached hydrogens (tertiary/aromatic N) is 4. The van der Waals surface area contributed by atoms with Gasteiger partial charge in [-0.25, -0.2) is 15.0 Å². The van der Waals surface area contributed by atoms with E-state index in [0.717, 1.165) is 15.1 Å². The molecule has 2 aromatic heterocycles. The molecule has 0 unspecified atom stereocenters. The summed E-state index contributed by atoms with van der Waals surface area (Å²) in [7, 11) is 0. The number of rotatable bonds is 2. The molecule has 0 aliphatic carbocycles. The molecule has 74 valence electrons. The maximum Gasteiger partial charge on any atom is 0.158 e. The Kier molecular flexibility index (Phi) is 2.94. The highest BCUT2D eigenvalue weighted by atomic mass is 32.2. The minimum absolute atomic E-state index is 0.328. The Morgan fingerprint density at radius 3 is 2.80 bits per heavy atom. The lowest BCUT2D eigenvalue weighted by molar-refractivity contribution is 1.03. The highest BCUT2D eigenvalue weighted by molar-refractivity contribution is 8.00. The topological polar surface area (TPSA) is 62.5 Å². The fourth-order valence-corrected chi connectivity index (χ4v) is 2.59. The molecular weight excluding hydrogens is 228 g/mol. The molecule has 0 fully saturated rings. The minimum atomic E-state index is 0.328. The Morgan fingerprint density at radius 1 is 1.40 bits per heavy atom. The van der Waals surface area contributed by atoms with Crippen LogP contribution in [0.5, 0.6) is 0 Å². The zero-order chi connectivity index (χ0) is 10.7. The van der Waals surface area contributed by atoms with Crippen molar-refractivity contribution in [1.82, 2.24) is 15.0 Å². The molecule has 0 N–H and O–H groups in total. The third-order valence-corrected chi connectivity index (χ3v) is 3.51. The maximum atomic E-state index is 8.55. The molecule has 15 heavy (non-hydrogen) atoms. The average Bonchev–Trinajstić information content (AvgIpc) is 2.65. The highest BCUT2D eigenvalue weighted by Crippen LogP contribution is 2.27. The van der Waals surface area contributed by atoms with E-state index in [1.54, 1.807) is 17.5 Å². The van der Waals surface area contributed by atoms with Gasteiger partial charge in [-0.05, 0) is 18.7 Å². The van der Waals surface area contributed by atoms with Crippen molar-refractivity contribution in [3.8, 4) is 6.07 Å². The Bertz CT molecular complexity index is 498. The summed E-state index contributed by atoms with van der Waals surface area (Å²) in [5.74, 6) is 0. The van der Waals surface area contributed by atoms with E-state index < -0.39 is 0 Å². The number of nitriles is 1. The molecule has 0 bridgehead atoms. The van der Waals surface area contributed by atoms with Gasteiger partial charge in [0.05, 0.1) is 12.4 Å². The summed E-state index contributed by atoms with van der Waals surface area (Å²) in [5, 5.41) is 11.3. The van der Waals surface area contributed by atoms with Gasteiger partial charge in [-0.2, -0.15) is 5.26 Å². The van der Waals surface area contributed by atoms with Crippen LogP contribution < -0.4 is 0 Å². The van der Waals surface area contributed by atoms with Gasteiger partial charge in [0.1, 0.15) is 11.1 Å². The van der Waals surface area contributed by atoms with Crippen LogP contribution in [0.2, 0.25) is 0 Å². The minimum Gasteiger partial charge on any atom is -0.245 e. The zero-order valence-corrected chi connectivity index (χ0v) is 9.47. The van der Waals surface area contributed by atoms with Crippen LogP contribution in [0, 0.1) is 18.3 Å². The number of aromatic nitrogens is 3. The number of aryl methyl sites for hydroxylation is 1. The quantitative estimate of drug-likeness (QED) is 0.797. The van der Waals surface area contributed by atoms with Gasteiger partial charge in [0.25, 0.3) is 0 Å². The van der Waals surface area contributed by atoms with E-state index in [-0.39, 0.29) is 0 Å². The molecular formula is C9H6N4S2. The summed E-state index contributed by atoms with van der Waals surface area (Å²) in [6.07, 6.45) is 3.04. The summed E-state index contributed by atoms with van der Waals surface area (Å²) >= 11 is 3.03. The molecule has 0 aliphatic rings. The first kappa shape index (κ1) is 10.1. The molecule has 0 aromatic carbocycles. The molecule has 0 radical (unpaired) electrons. The van der Waals surface area contributed by atoms with Crippen LogP contribution in [0.3, 0.4) is 0 Å². The van der Waals surface area contributed by atoms with E-state index in [1.807, 2.05) is 18.4 Å². The number of hydrogen-bond donors (Lipinski definition) is 0. The maximum absolute atomic E-state index is 8.55. The molecule has 0 aliphatic heterocycles. The fourth-order valence-electron chi connectivity index (χ4n) is 0.895. The lowest BCUT2D eigenvalue weighted by Crippen LogP contribution is -1.86. The first-order valence-corrected chi connectivity index (χ1v) is 5.79. The van der Waals surface area contributed by atoms with E-state index >= 15 is 0 Å². The largest absolute Gasteiger partial charge is 0.245 e. The molecule has 2 rings (SSSR count). The van der Waals surface area contributed by atoms with Gasteiger partial charge >= 0.3 is 0 Å². The Labute approximate surface area is 95.0 Å². The van der Waals surface area contributed by atoms with Crippen molar-refractivity contribution in [2.75, 3.05) is 0 Å². The molecule has 0 saturated heterocycles. The predicted molar refractivity (Wildman–Crippen MR) is 57.7 cm³/mol. The average molecular weight is 234 g/mol. The first-order valence-electron chi connectivity index (χ1n) is 4.10. The van der Waals surface area contributed by atoms with Crippen molar-refractivity contribution in [3.05, 3.63) is 29.2 Å². The molecule has 0 saturated carbocycles. The number of hydrogen-bond acceptors (Lipinski definition) is 6. The summed E-state index contributed by atoms with van der Waals surface area (Å²) < 4.78 is 0.937. The van der Waals surface area contributed by atoms with Crippen LogP contribution in [0.25, 0.3) is 0 Å². The normalized spacial score (nSPS) is 9.87. The van der Waals surface area contributed by atoms with Crippen molar-refractivity contribution >= 4 is 23.1 Å². The Balaban J connectivity index is 2.15. The van der Waals surface area contributed by atoms with Crippen molar-refractivity contribution in [1.29, 1.82) is 5.26 Å². The third-order valence-electron chi connectivity index (χ3n) is 1.53. The standard InChI is InChI=1S/C9H6N4S2/c1-6-5-14-9(13-6)15-8-4-11-7(2-10)3-12-8/h3-5H,1H3. The van der Waals surface area contributed by atoms with E-state index in [0.29, 0.717) is 5.69 Å². The summed E-state index contributed by atoms with van der Waals surface area (Å²) in [5.41, 5.74) is 1.33. The summed E-state index contributed by atoms with van der Waals surface area (Å²) in [6, 6.07) is 1.93. The van der Waals surface area contributed by atoms with E-state index in [1.165, 1.54) is 18.0 Å². The molecule has 6 heteroatoms. The molecule has 0 spiro atoms. The summed E-state index contributed by atoms with van der Waals surface area (Å²) in [6.45, 7) is 1.95. The molecule has 0 amide bonds. The molecule has 2 heterocycles. The van der Waals surface area contributed by atoms with Crippen molar-refractivity contribution in [3.63, 3.8) is 0 Å². The van der Waals surface area contributed by atoms with Crippen LogP contribution in [0.1, 0.15) is 11.4 Å². The fraction of sp³-hybridized carbons (Fsp3) is 0.111. The predicted octanol–water partition coefficient (Wildman–Crippen LogP) is 2.26. The van der Waals surface area contributed by atoms with Crippen LogP contribution in [-0.2, 0) is 0 Å². The zero-order valence-electron chi connectivity index (χ0n) is 7.84. The Hall–Kier alpha value is -1.45. The van der Waals surface area contributed by atoms with Gasteiger partial charge in [0, 0.05) is 11.1 Å². The second-order valence-corrected chi connectivity index (χ2v) is 4.83. The van der Waals surface area contributed by atoms with Crippen LogP contribution in [-0.4, -0.2) is 15.0 Å². The van der Waals surface area contributed by atoms with Crippen molar-refractivity contribution in [2.45, 2.75) is 16.3 Å². The highest BCUT2D eigenvalue weighted by Gasteiger charge is 2.03. The molecule has 2 aromatic rings. The van der Waals surface area contributed by atoms with E-state index in [2.05, 4.69) is 15.0 Å². The molecule has 0 atom stereocenters. The van der Waals surface area contributed by atoms with Gasteiger partial charge in [-0.1, -0.05) is 0 Å². The van der Waals surface area contributed by atoms with Crippen LogP contribution in [0.15, 0.2) is 27.1 Å². The second-order valence-electron chi connectivity index (χ2n) is 2.71. The lowest BCUT2D eigenvalue weighted by Gasteiger charge is -1.94. The summed E-state index contributed by atoms with van der Waals surface area (Å²) in [4.78, 5) is 12.3. The van der Waals surface area contributed by atoms with Crippen LogP contribution >= 0.6 is 23.1 Å². The monoisotopic (exact) mass is 234 g/mol. The first-order chi connectivity index (χ1) is 7.28. The van der Waals surface area contributed by atoms with Crippen LogP contribution in [0.4, 0.5) is 0 Å². The van der Waals surface area contributed by atoms with Gasteiger partial charge in [-0.15, -0.1) is 11.3 Å². The van der Waals surface area contributed by atoms with Gasteiger partial charge in [-0.3, -0.25) is 0 Å². The van der Waals surface area contributed by atoms with Gasteiger partial charge in [0.2, 0.25) is 0 Å². The van der Waals surface area contributed by atoms with Gasteiger partial charge < -0.3 is 0 Å². The number of thiazole rings is 1. The molecule has 4 nitrogen and oxygen atoms in total. The third kappa shape index (κ3) is 2.52. The van der Waals surface area contributed by atoms with Crippen molar-refractivity contribution in [2.24, 2.45) is 0 Å². The Morgan fingerprint density at radius 2 is 2.27 bits per heavy atom. The second kappa shape index (κ2) is 4.38. The van der Waals surface area contributed by atoms with Crippen molar-refractivity contribution < 1.29 is 0 Å². The SMILES string of the molecule is Cc1csc(Sc2cnc(C#N)cn2)n1. The smallest absolute Gasteiger partial charge is 0.158 e. The lowest BCUT2D eigenvalue weighted by atomic mass is 10.5.